The quantitative estimate of drug-likeness (QED) is 0.736. The van der Waals surface area contributed by atoms with Crippen LogP contribution in [-0.4, -0.2) is 26.2 Å². The molecule has 0 unspecified atom stereocenters. The third kappa shape index (κ3) is 3.35. The van der Waals surface area contributed by atoms with E-state index in [0.717, 1.165) is 42.1 Å². The second-order valence-electron chi connectivity index (χ2n) is 5.22. The van der Waals surface area contributed by atoms with Gasteiger partial charge in [0, 0.05) is 47.9 Å². The number of rotatable bonds is 3. The van der Waals surface area contributed by atoms with Gasteiger partial charge in [-0.05, 0) is 29.8 Å². The van der Waals surface area contributed by atoms with Crippen LogP contribution in [0.5, 0.6) is 0 Å². The van der Waals surface area contributed by atoms with Gasteiger partial charge in [0.2, 0.25) is 0 Å². The van der Waals surface area contributed by atoms with Gasteiger partial charge in [0.05, 0.1) is 0 Å². The lowest BCUT2D eigenvalue weighted by atomic mass is 10.2. The van der Waals surface area contributed by atoms with E-state index in [4.69, 9.17) is 11.6 Å². The van der Waals surface area contributed by atoms with E-state index in [9.17, 15) is 0 Å². The number of hydrogen-bond acceptors (Lipinski definition) is 2. The summed E-state index contributed by atoms with van der Waals surface area (Å²) in [6.07, 6.45) is 0. The maximum Gasteiger partial charge on any atom is 0.0467 e. The van der Waals surface area contributed by atoms with Crippen LogP contribution in [0.1, 0.15) is 5.56 Å². The van der Waals surface area contributed by atoms with Crippen LogP contribution in [0.15, 0.2) is 48.5 Å². The van der Waals surface area contributed by atoms with Crippen LogP contribution in [0.3, 0.4) is 0 Å². The molecule has 2 aromatic rings. The topological polar surface area (TPSA) is 6.48 Å². The molecular weight excluding hydrogens is 348 g/mol. The number of piperazine rings is 1. The molecule has 21 heavy (non-hydrogen) atoms. The minimum atomic E-state index is 0.800. The third-order valence-electron chi connectivity index (χ3n) is 3.95. The summed E-state index contributed by atoms with van der Waals surface area (Å²) in [6.45, 7) is 4.14. The molecule has 0 amide bonds. The van der Waals surface area contributed by atoms with E-state index in [1.54, 1.807) is 0 Å². The number of hydrogen-bond donors (Lipinski definition) is 0. The monoisotopic (exact) mass is 364 g/mol. The first kappa shape index (κ1) is 14.7. The molecule has 1 fully saturated rings. The number of nitrogens with zero attached hydrogens (tertiary/aromatic N) is 2. The average molecular weight is 366 g/mol. The first-order valence-corrected chi connectivity index (χ1v) is 8.67. The summed E-state index contributed by atoms with van der Waals surface area (Å²) in [6, 6.07) is 17.0. The summed E-state index contributed by atoms with van der Waals surface area (Å²) in [4.78, 5) is 4.84. The van der Waals surface area contributed by atoms with E-state index in [1.807, 2.05) is 0 Å². The Morgan fingerprint density at radius 2 is 1.48 bits per heavy atom. The first-order chi connectivity index (χ1) is 10.3. The zero-order valence-electron chi connectivity index (χ0n) is 11.8. The Labute approximate surface area is 139 Å². The molecule has 0 N–H and O–H groups in total. The molecule has 110 valence electrons. The molecular formula is C17H18BrClN2. The van der Waals surface area contributed by atoms with E-state index >= 15 is 0 Å². The summed E-state index contributed by atoms with van der Waals surface area (Å²) >= 11 is 9.76. The second kappa shape index (κ2) is 6.71. The lowest BCUT2D eigenvalue weighted by Gasteiger charge is -2.37. The summed E-state index contributed by atoms with van der Waals surface area (Å²) in [7, 11) is 0. The fourth-order valence-electron chi connectivity index (χ4n) is 2.70. The normalized spacial score (nSPS) is 15.3. The summed E-state index contributed by atoms with van der Waals surface area (Å²) < 4.78 is 0. The molecule has 1 aliphatic rings. The van der Waals surface area contributed by atoms with Crippen LogP contribution in [0.25, 0.3) is 0 Å². The van der Waals surface area contributed by atoms with Crippen molar-refractivity contribution in [3.8, 4) is 0 Å². The van der Waals surface area contributed by atoms with Gasteiger partial charge < -0.3 is 9.80 Å². The maximum atomic E-state index is 6.31. The Morgan fingerprint density at radius 1 is 0.857 bits per heavy atom. The zero-order valence-corrected chi connectivity index (χ0v) is 14.1. The minimum Gasteiger partial charge on any atom is -0.368 e. The summed E-state index contributed by atoms with van der Waals surface area (Å²) in [5.74, 6) is 0. The van der Waals surface area contributed by atoms with Crippen molar-refractivity contribution in [3.63, 3.8) is 0 Å². The van der Waals surface area contributed by atoms with Gasteiger partial charge in [0.1, 0.15) is 0 Å². The highest BCUT2D eigenvalue weighted by Crippen LogP contribution is 2.26. The van der Waals surface area contributed by atoms with Crippen molar-refractivity contribution >= 4 is 38.9 Å². The smallest absolute Gasteiger partial charge is 0.0467 e. The predicted octanol–water partition coefficient (Wildman–Crippen LogP) is 4.56. The van der Waals surface area contributed by atoms with Crippen LogP contribution in [0, 0.1) is 0 Å². The predicted molar refractivity (Wildman–Crippen MR) is 95.0 cm³/mol. The molecule has 0 spiro atoms. The van der Waals surface area contributed by atoms with Crippen molar-refractivity contribution in [3.05, 3.63) is 59.1 Å². The fraction of sp³-hybridized carbons (Fsp3) is 0.294. The number of alkyl halides is 1. The molecule has 3 rings (SSSR count). The average Bonchev–Trinajstić information content (AvgIpc) is 2.56. The van der Waals surface area contributed by atoms with Gasteiger partial charge in [-0.3, -0.25) is 0 Å². The Balaban J connectivity index is 1.67. The molecule has 0 bridgehead atoms. The van der Waals surface area contributed by atoms with Crippen LogP contribution < -0.4 is 9.80 Å². The zero-order chi connectivity index (χ0) is 14.7. The molecule has 1 aliphatic heterocycles. The number of anilines is 2. The Hall–Kier alpha value is -1.19. The molecule has 0 aliphatic carbocycles. The number of para-hydroxylation sites is 1. The maximum absolute atomic E-state index is 6.31. The van der Waals surface area contributed by atoms with E-state index in [1.165, 1.54) is 11.4 Å². The second-order valence-corrected chi connectivity index (χ2v) is 6.19. The molecule has 0 saturated carbocycles. The van der Waals surface area contributed by atoms with Gasteiger partial charge in [-0.25, -0.2) is 0 Å². The van der Waals surface area contributed by atoms with E-state index in [-0.39, 0.29) is 0 Å². The molecule has 2 aromatic carbocycles. The van der Waals surface area contributed by atoms with Gasteiger partial charge in [0.15, 0.2) is 0 Å². The van der Waals surface area contributed by atoms with Crippen molar-refractivity contribution in [1.82, 2.24) is 0 Å². The molecule has 2 nitrogen and oxygen atoms in total. The van der Waals surface area contributed by atoms with Gasteiger partial charge in [-0.1, -0.05) is 51.8 Å². The standard InChI is InChI=1S/C17H18BrClN2/c18-13-14-6-7-16(12-17(14)19)21-10-8-20(9-11-21)15-4-2-1-3-5-15/h1-7,12H,8-11,13H2. The number of benzene rings is 2. The van der Waals surface area contributed by atoms with Crippen molar-refractivity contribution in [1.29, 1.82) is 0 Å². The fourth-order valence-corrected chi connectivity index (χ4v) is 3.59. The molecule has 0 radical (unpaired) electrons. The molecule has 1 saturated heterocycles. The van der Waals surface area contributed by atoms with E-state index in [0.29, 0.717) is 0 Å². The van der Waals surface area contributed by atoms with Crippen LogP contribution in [-0.2, 0) is 5.33 Å². The highest BCUT2D eigenvalue weighted by Gasteiger charge is 2.17. The molecule has 1 heterocycles. The number of halogens is 2. The highest BCUT2D eigenvalue weighted by atomic mass is 79.9. The minimum absolute atomic E-state index is 0.800. The van der Waals surface area contributed by atoms with E-state index < -0.39 is 0 Å². The summed E-state index contributed by atoms with van der Waals surface area (Å²) in [5.41, 5.74) is 3.67. The first-order valence-electron chi connectivity index (χ1n) is 7.17. The Morgan fingerprint density at radius 3 is 2.05 bits per heavy atom. The summed E-state index contributed by atoms with van der Waals surface area (Å²) in [5, 5.41) is 1.64. The van der Waals surface area contributed by atoms with Crippen molar-refractivity contribution in [2.75, 3.05) is 36.0 Å². The van der Waals surface area contributed by atoms with Gasteiger partial charge in [0.25, 0.3) is 0 Å². The third-order valence-corrected chi connectivity index (χ3v) is 4.90. The SMILES string of the molecule is Clc1cc(N2CCN(c3ccccc3)CC2)ccc1CBr. The van der Waals surface area contributed by atoms with Gasteiger partial charge in [-0.15, -0.1) is 0 Å². The lowest BCUT2D eigenvalue weighted by molar-refractivity contribution is 0.653. The lowest BCUT2D eigenvalue weighted by Crippen LogP contribution is -2.46. The van der Waals surface area contributed by atoms with Crippen molar-refractivity contribution in [2.24, 2.45) is 0 Å². The highest BCUT2D eigenvalue weighted by molar-refractivity contribution is 9.08. The van der Waals surface area contributed by atoms with Crippen molar-refractivity contribution in [2.45, 2.75) is 5.33 Å². The largest absolute Gasteiger partial charge is 0.368 e. The Bertz CT molecular complexity index is 595. The molecule has 0 atom stereocenters. The van der Waals surface area contributed by atoms with Crippen LogP contribution >= 0.6 is 27.5 Å². The van der Waals surface area contributed by atoms with E-state index in [2.05, 4.69) is 74.3 Å². The van der Waals surface area contributed by atoms with Gasteiger partial charge >= 0.3 is 0 Å². The van der Waals surface area contributed by atoms with Crippen molar-refractivity contribution < 1.29 is 0 Å². The van der Waals surface area contributed by atoms with Crippen LogP contribution in [0.2, 0.25) is 5.02 Å². The Kier molecular flexibility index (Phi) is 4.71. The molecule has 0 aromatic heterocycles. The van der Waals surface area contributed by atoms with Crippen LogP contribution in [0.4, 0.5) is 11.4 Å². The molecule has 4 heteroatoms. The van der Waals surface area contributed by atoms with Gasteiger partial charge in [-0.2, -0.15) is 0 Å².